The number of carbonyl (C=O) groups excluding carboxylic acids is 2. The number of ketones is 1. The van der Waals surface area contributed by atoms with E-state index in [2.05, 4.69) is 10.6 Å². The van der Waals surface area contributed by atoms with Gasteiger partial charge in [0, 0.05) is 31.0 Å². The Morgan fingerprint density at radius 3 is 2.41 bits per heavy atom. The highest BCUT2D eigenvalue weighted by Gasteiger charge is 2.39. The molecular formula is C19H23F3N4O6S2. The zero-order valence-corrected chi connectivity index (χ0v) is 19.7. The Labute approximate surface area is 198 Å². The molecule has 1 aliphatic rings. The number of primary sulfonamides is 1. The number of fused-ring (bicyclic) bond motifs is 1. The molecule has 0 radical (unpaired) electrons. The molecule has 2 unspecified atom stereocenters. The zero-order chi connectivity index (χ0) is 26.0. The monoisotopic (exact) mass is 524 g/mol. The van der Waals surface area contributed by atoms with Crippen molar-refractivity contribution >= 4 is 50.6 Å². The van der Waals surface area contributed by atoms with Crippen LogP contribution in [-0.4, -0.2) is 60.3 Å². The first-order chi connectivity index (χ1) is 15.5. The van der Waals surface area contributed by atoms with Crippen LogP contribution in [0.4, 0.5) is 18.9 Å². The minimum Gasteiger partial charge on any atom is -0.480 e. The van der Waals surface area contributed by atoms with Crippen LogP contribution in [0.2, 0.25) is 0 Å². The number of carbonyl (C=O) groups is 3. The summed E-state index contributed by atoms with van der Waals surface area (Å²) in [6.07, 6.45) is -5.83. The second-order valence-electron chi connectivity index (χ2n) is 7.86. The maximum absolute atomic E-state index is 13.4. The van der Waals surface area contributed by atoms with Crippen LogP contribution in [0.15, 0.2) is 17.0 Å². The fraction of sp³-hybridized carbons (Fsp3) is 0.474. The smallest absolute Gasteiger partial charge is 0.417 e. The fourth-order valence-electron chi connectivity index (χ4n) is 3.49. The summed E-state index contributed by atoms with van der Waals surface area (Å²) in [5.74, 6) is -2.59. The van der Waals surface area contributed by atoms with Crippen LogP contribution in [0.5, 0.6) is 0 Å². The van der Waals surface area contributed by atoms with E-state index in [-0.39, 0.29) is 41.4 Å². The van der Waals surface area contributed by atoms with E-state index in [0.717, 1.165) is 0 Å². The van der Waals surface area contributed by atoms with Crippen LogP contribution < -0.4 is 15.8 Å². The summed E-state index contributed by atoms with van der Waals surface area (Å²) >= 11 is 5.30. The lowest BCUT2D eigenvalue weighted by molar-refractivity contribution is -0.140. The van der Waals surface area contributed by atoms with Gasteiger partial charge < -0.3 is 25.4 Å². The van der Waals surface area contributed by atoms with Crippen LogP contribution in [-0.2, 0) is 25.8 Å². The minimum absolute atomic E-state index is 0.00203. The molecule has 1 heterocycles. The average Bonchev–Trinajstić information content (AvgIpc) is 2.67. The van der Waals surface area contributed by atoms with Crippen molar-refractivity contribution < 1.29 is 41.1 Å². The number of thiocarbonyl (C=S) groups is 1. The normalized spacial score (nSPS) is 16.6. The number of sulfonamides is 1. The van der Waals surface area contributed by atoms with E-state index in [9.17, 15) is 41.1 Å². The Morgan fingerprint density at radius 2 is 1.91 bits per heavy atom. The largest absolute Gasteiger partial charge is 0.480 e. The Hall–Kier alpha value is -2.78. The molecule has 0 saturated carbocycles. The Morgan fingerprint density at radius 1 is 1.29 bits per heavy atom. The van der Waals surface area contributed by atoms with E-state index < -0.39 is 57.2 Å². The molecule has 0 aromatic heterocycles. The van der Waals surface area contributed by atoms with Crippen molar-refractivity contribution in [3.05, 3.63) is 23.3 Å². The van der Waals surface area contributed by atoms with Crippen LogP contribution in [0, 0.1) is 5.92 Å². The second kappa shape index (κ2) is 10.2. The number of nitrogens with two attached hydrogens (primary N) is 1. The molecule has 188 valence electrons. The Kier molecular flexibility index (Phi) is 8.26. The summed E-state index contributed by atoms with van der Waals surface area (Å²) in [6.45, 7) is 2.56. The summed E-state index contributed by atoms with van der Waals surface area (Å²) in [5, 5.41) is 19.3. The molecule has 1 aromatic rings. The van der Waals surface area contributed by atoms with Crippen molar-refractivity contribution in [3.8, 4) is 0 Å². The first-order valence-electron chi connectivity index (χ1n) is 9.86. The third-order valence-electron chi connectivity index (χ3n) is 4.95. The molecule has 15 heteroatoms. The van der Waals surface area contributed by atoms with Gasteiger partial charge in [-0.2, -0.15) is 13.2 Å². The number of nitrogens with zero attached hydrogens (tertiary/aromatic N) is 1. The summed E-state index contributed by atoms with van der Waals surface area (Å²) in [7, 11) is -4.77. The number of carboxylic acids is 1. The zero-order valence-electron chi connectivity index (χ0n) is 18.1. The van der Waals surface area contributed by atoms with Gasteiger partial charge in [-0.1, -0.05) is 19.1 Å². The van der Waals surface area contributed by atoms with Gasteiger partial charge in [0.2, 0.25) is 10.0 Å². The molecule has 0 bridgehead atoms. The number of amides is 1. The molecule has 0 aliphatic carbocycles. The molecule has 1 aliphatic heterocycles. The van der Waals surface area contributed by atoms with E-state index >= 15 is 0 Å². The number of nitrogens with one attached hydrogen (secondary N) is 2. The predicted molar refractivity (Wildman–Crippen MR) is 119 cm³/mol. The molecular weight excluding hydrogens is 501 g/mol. The number of Topliss-reactive ketones (excluding diaryl/α,β-unsaturated/α-hetero) is 1. The molecule has 1 amide bonds. The van der Waals surface area contributed by atoms with E-state index in [1.54, 1.807) is 6.92 Å². The van der Waals surface area contributed by atoms with Crippen molar-refractivity contribution in [1.82, 2.24) is 10.2 Å². The van der Waals surface area contributed by atoms with Crippen molar-refractivity contribution in [2.75, 3.05) is 18.4 Å². The lowest BCUT2D eigenvalue weighted by Crippen LogP contribution is -2.48. The highest BCUT2D eigenvalue weighted by Crippen LogP contribution is 2.38. The average molecular weight is 525 g/mol. The third-order valence-corrected chi connectivity index (χ3v) is 6.56. The number of benzene rings is 1. The van der Waals surface area contributed by atoms with Gasteiger partial charge in [-0.15, -0.1) is 0 Å². The maximum Gasteiger partial charge on any atom is 0.417 e. The van der Waals surface area contributed by atoms with Crippen molar-refractivity contribution in [2.24, 2.45) is 11.1 Å². The van der Waals surface area contributed by atoms with Crippen LogP contribution in [0.25, 0.3) is 0 Å². The third kappa shape index (κ3) is 6.87. The van der Waals surface area contributed by atoms with E-state index in [0.29, 0.717) is 12.1 Å². The molecule has 10 nitrogen and oxygen atoms in total. The predicted octanol–water partition coefficient (Wildman–Crippen LogP) is 1.55. The van der Waals surface area contributed by atoms with Crippen LogP contribution >= 0.6 is 12.2 Å². The van der Waals surface area contributed by atoms with Crippen molar-refractivity contribution in [1.29, 1.82) is 0 Å². The second-order valence-corrected chi connectivity index (χ2v) is 9.80. The van der Waals surface area contributed by atoms with Crippen molar-refractivity contribution in [2.45, 2.75) is 43.9 Å². The summed E-state index contributed by atoms with van der Waals surface area (Å²) < 4.78 is 63.6. The number of hydrogen-bond acceptors (Lipinski definition) is 7. The number of alkyl halides is 3. The summed E-state index contributed by atoms with van der Waals surface area (Å²) in [6, 6.07) is 1.05. The molecule has 2 rings (SSSR count). The lowest BCUT2D eigenvalue weighted by Gasteiger charge is -2.32. The van der Waals surface area contributed by atoms with E-state index in [4.69, 9.17) is 17.4 Å². The van der Waals surface area contributed by atoms with E-state index in [1.807, 2.05) is 0 Å². The molecule has 0 spiro atoms. The Balaban J connectivity index is 2.28. The highest BCUT2D eigenvalue weighted by atomic mass is 32.2. The molecule has 34 heavy (non-hydrogen) atoms. The molecule has 0 saturated heterocycles. The van der Waals surface area contributed by atoms with Gasteiger partial charge in [0.05, 0.1) is 21.0 Å². The SMILES string of the molecule is CC(=O)CC(C)C(=S)N(CCC1NC(=O)c2cc(S(N)(=O)=O)c(C(F)(F)F)cc2N1)CC(=O)O. The first kappa shape index (κ1) is 27.5. The topological polar surface area (TPSA) is 159 Å². The number of hydrogen-bond donors (Lipinski definition) is 4. The first-order valence-corrected chi connectivity index (χ1v) is 11.8. The summed E-state index contributed by atoms with van der Waals surface area (Å²) in [4.78, 5) is 35.4. The van der Waals surface area contributed by atoms with Crippen LogP contribution in [0.3, 0.4) is 0 Å². The van der Waals surface area contributed by atoms with Gasteiger partial charge >= 0.3 is 12.1 Å². The fourth-order valence-corrected chi connectivity index (χ4v) is 4.50. The summed E-state index contributed by atoms with van der Waals surface area (Å²) in [5.41, 5.74) is -2.13. The number of anilines is 1. The molecule has 1 aromatic carbocycles. The highest BCUT2D eigenvalue weighted by molar-refractivity contribution is 7.89. The molecule has 0 fully saturated rings. The van der Waals surface area contributed by atoms with Gasteiger partial charge in [0.1, 0.15) is 18.5 Å². The van der Waals surface area contributed by atoms with E-state index in [1.165, 1.54) is 11.8 Å². The minimum atomic E-state index is -5.06. The lowest BCUT2D eigenvalue weighted by atomic mass is 10.0. The van der Waals surface area contributed by atoms with Gasteiger partial charge in [0.15, 0.2) is 0 Å². The number of carboxylic acid groups (broad SMARTS) is 1. The van der Waals surface area contributed by atoms with Gasteiger partial charge in [0.25, 0.3) is 5.91 Å². The van der Waals surface area contributed by atoms with Crippen LogP contribution in [0.1, 0.15) is 42.6 Å². The maximum atomic E-state index is 13.4. The standard InChI is InChI=1S/C19H23F3N4O6S2/c1-9(5-10(2)27)18(33)26(8-16(28)29)4-3-15-24-13-7-12(19(20,21)22)14(34(23,31)32)6-11(13)17(30)25-15/h6-7,9,15,24H,3-5,8H2,1-2H3,(H,25,30)(H,28,29)(H2,23,31,32). The number of aliphatic carboxylic acids is 1. The quantitative estimate of drug-likeness (QED) is 0.352. The molecule has 2 atom stereocenters. The Bertz CT molecular complexity index is 1120. The van der Waals surface area contributed by atoms with Crippen molar-refractivity contribution in [3.63, 3.8) is 0 Å². The number of halogens is 3. The van der Waals surface area contributed by atoms with Gasteiger partial charge in [-0.05, 0) is 19.1 Å². The van der Waals surface area contributed by atoms with Gasteiger partial charge in [-0.3, -0.25) is 9.59 Å². The number of rotatable bonds is 9. The van der Waals surface area contributed by atoms with Gasteiger partial charge in [-0.25, -0.2) is 13.6 Å². The molecule has 5 N–H and O–H groups in total.